The number of halogens is 1. The number of aromatic nitrogens is 3. The fourth-order valence-corrected chi connectivity index (χ4v) is 3.00. The van der Waals surface area contributed by atoms with Crippen LogP contribution in [0.3, 0.4) is 0 Å². The maximum atomic E-state index is 13.1. The standard InChI is InChI=1S/C15H13FN4O2S2/c1-24(21,22)13-7-18-15-11(19-13)6-12(14(17)23)20(15)8-9-2-4-10(16)5-3-9/h2-7H,8H2,1H3,(H2,17,23). The van der Waals surface area contributed by atoms with Crippen LogP contribution in [0.5, 0.6) is 0 Å². The minimum Gasteiger partial charge on any atom is -0.388 e. The van der Waals surface area contributed by atoms with E-state index in [1.165, 1.54) is 18.3 Å². The summed E-state index contributed by atoms with van der Waals surface area (Å²) in [5, 5.41) is -0.122. The van der Waals surface area contributed by atoms with Crippen LogP contribution >= 0.6 is 12.2 Å². The highest BCUT2D eigenvalue weighted by Crippen LogP contribution is 2.20. The van der Waals surface area contributed by atoms with Gasteiger partial charge < -0.3 is 10.3 Å². The minimum absolute atomic E-state index is 0.122. The van der Waals surface area contributed by atoms with E-state index in [2.05, 4.69) is 9.97 Å². The van der Waals surface area contributed by atoms with Crippen LogP contribution in [0.2, 0.25) is 0 Å². The van der Waals surface area contributed by atoms with Crippen molar-refractivity contribution in [2.75, 3.05) is 6.26 Å². The first-order valence-electron chi connectivity index (χ1n) is 6.86. The Kier molecular flexibility index (Phi) is 4.06. The van der Waals surface area contributed by atoms with Gasteiger partial charge in [0.15, 0.2) is 20.5 Å². The van der Waals surface area contributed by atoms with Gasteiger partial charge in [0.05, 0.1) is 11.9 Å². The first-order chi connectivity index (χ1) is 11.3. The van der Waals surface area contributed by atoms with Crippen molar-refractivity contribution in [2.45, 2.75) is 11.6 Å². The molecule has 0 aliphatic heterocycles. The van der Waals surface area contributed by atoms with Crippen LogP contribution in [-0.2, 0) is 16.4 Å². The number of sulfone groups is 1. The van der Waals surface area contributed by atoms with Crippen molar-refractivity contribution in [1.29, 1.82) is 0 Å². The summed E-state index contributed by atoms with van der Waals surface area (Å²) in [6.07, 6.45) is 2.26. The fourth-order valence-electron chi connectivity index (χ4n) is 2.32. The molecule has 9 heteroatoms. The molecule has 0 saturated carbocycles. The molecule has 0 spiro atoms. The SMILES string of the molecule is CS(=O)(=O)c1cnc2c(cc(C(N)=S)n2Cc2ccc(F)cc2)n1. The zero-order chi connectivity index (χ0) is 17.5. The van der Waals surface area contributed by atoms with Crippen molar-refractivity contribution in [3.8, 4) is 0 Å². The molecule has 2 aromatic heterocycles. The molecule has 1 aromatic carbocycles. The quantitative estimate of drug-likeness (QED) is 0.708. The molecule has 3 rings (SSSR count). The zero-order valence-electron chi connectivity index (χ0n) is 12.6. The van der Waals surface area contributed by atoms with Gasteiger partial charge in [0.1, 0.15) is 16.3 Å². The molecule has 0 bridgehead atoms. The maximum absolute atomic E-state index is 13.1. The van der Waals surface area contributed by atoms with Crippen molar-refractivity contribution in [2.24, 2.45) is 5.73 Å². The second kappa shape index (κ2) is 5.91. The number of rotatable bonds is 4. The van der Waals surface area contributed by atoms with E-state index in [0.29, 0.717) is 23.4 Å². The van der Waals surface area contributed by atoms with Gasteiger partial charge >= 0.3 is 0 Å². The van der Waals surface area contributed by atoms with Crippen LogP contribution in [0.15, 0.2) is 41.6 Å². The Morgan fingerprint density at radius 1 is 1.33 bits per heavy atom. The van der Waals surface area contributed by atoms with Crippen LogP contribution in [0.1, 0.15) is 11.3 Å². The van der Waals surface area contributed by atoms with Gasteiger partial charge in [-0.15, -0.1) is 0 Å². The van der Waals surface area contributed by atoms with E-state index in [4.69, 9.17) is 18.0 Å². The summed E-state index contributed by atoms with van der Waals surface area (Å²) in [5.41, 5.74) is 7.92. The Hall–Kier alpha value is -2.39. The normalized spacial score (nSPS) is 11.8. The lowest BCUT2D eigenvalue weighted by Gasteiger charge is -2.09. The van der Waals surface area contributed by atoms with Crippen LogP contribution in [-0.4, -0.2) is 34.2 Å². The van der Waals surface area contributed by atoms with E-state index in [1.807, 2.05) is 0 Å². The smallest absolute Gasteiger partial charge is 0.194 e. The number of fused-ring (bicyclic) bond motifs is 1. The van der Waals surface area contributed by atoms with E-state index >= 15 is 0 Å². The molecule has 0 radical (unpaired) electrons. The van der Waals surface area contributed by atoms with Crippen molar-refractivity contribution >= 4 is 38.2 Å². The summed E-state index contributed by atoms with van der Waals surface area (Å²) in [6, 6.07) is 7.60. The number of nitrogens with two attached hydrogens (primary N) is 1. The summed E-state index contributed by atoms with van der Waals surface area (Å²) in [4.78, 5) is 8.45. The Labute approximate surface area is 143 Å². The topological polar surface area (TPSA) is 90.9 Å². The molecule has 124 valence electrons. The second-order valence-corrected chi connectivity index (χ2v) is 7.70. The van der Waals surface area contributed by atoms with Gasteiger partial charge in [-0.3, -0.25) is 0 Å². The predicted octanol–water partition coefficient (Wildman–Crippen LogP) is 1.66. The first-order valence-corrected chi connectivity index (χ1v) is 9.16. The zero-order valence-corrected chi connectivity index (χ0v) is 14.2. The lowest BCUT2D eigenvalue weighted by atomic mass is 10.2. The number of hydrogen-bond acceptors (Lipinski definition) is 5. The molecular formula is C15H13FN4O2S2. The molecule has 0 aliphatic carbocycles. The molecule has 0 amide bonds. The summed E-state index contributed by atoms with van der Waals surface area (Å²) >= 11 is 5.06. The van der Waals surface area contributed by atoms with Crippen molar-refractivity contribution in [3.05, 3.63) is 53.6 Å². The van der Waals surface area contributed by atoms with Gasteiger partial charge in [0.2, 0.25) is 0 Å². The van der Waals surface area contributed by atoms with Crippen molar-refractivity contribution in [1.82, 2.24) is 14.5 Å². The van der Waals surface area contributed by atoms with E-state index in [9.17, 15) is 12.8 Å². The van der Waals surface area contributed by atoms with E-state index in [-0.39, 0.29) is 15.8 Å². The highest BCUT2D eigenvalue weighted by Gasteiger charge is 2.17. The second-order valence-electron chi connectivity index (χ2n) is 5.30. The monoisotopic (exact) mass is 364 g/mol. The Bertz CT molecular complexity index is 1040. The molecule has 6 nitrogen and oxygen atoms in total. The molecule has 0 fully saturated rings. The van der Waals surface area contributed by atoms with Crippen molar-refractivity contribution in [3.63, 3.8) is 0 Å². The highest BCUT2D eigenvalue weighted by molar-refractivity contribution is 7.90. The number of hydrogen-bond donors (Lipinski definition) is 1. The summed E-state index contributed by atoms with van der Waals surface area (Å²) in [7, 11) is -3.47. The van der Waals surface area contributed by atoms with Gasteiger partial charge in [-0.25, -0.2) is 22.8 Å². The fraction of sp³-hybridized carbons (Fsp3) is 0.133. The van der Waals surface area contributed by atoms with Gasteiger partial charge in [0, 0.05) is 12.8 Å². The van der Waals surface area contributed by atoms with E-state index < -0.39 is 9.84 Å². The van der Waals surface area contributed by atoms with E-state index in [1.54, 1.807) is 22.8 Å². The third-order valence-electron chi connectivity index (χ3n) is 3.46. The Balaban J connectivity index is 2.16. The first kappa shape index (κ1) is 16.5. The molecule has 0 aliphatic rings. The molecule has 2 N–H and O–H groups in total. The van der Waals surface area contributed by atoms with Gasteiger partial charge in [-0.2, -0.15) is 0 Å². The van der Waals surface area contributed by atoms with Gasteiger partial charge in [-0.1, -0.05) is 24.4 Å². The van der Waals surface area contributed by atoms with Gasteiger partial charge in [-0.05, 0) is 23.8 Å². The number of benzene rings is 1. The minimum atomic E-state index is -3.47. The van der Waals surface area contributed by atoms with Crippen LogP contribution in [0, 0.1) is 5.82 Å². The lowest BCUT2D eigenvalue weighted by molar-refractivity contribution is 0.598. The summed E-state index contributed by atoms with van der Waals surface area (Å²) in [6.45, 7) is 0.351. The number of nitrogens with zero attached hydrogens (tertiary/aromatic N) is 3. The van der Waals surface area contributed by atoms with Gasteiger partial charge in [0.25, 0.3) is 0 Å². The molecular weight excluding hydrogens is 351 g/mol. The molecule has 2 heterocycles. The van der Waals surface area contributed by atoms with Crippen LogP contribution in [0.4, 0.5) is 4.39 Å². The molecule has 0 saturated heterocycles. The maximum Gasteiger partial charge on any atom is 0.194 e. The summed E-state index contributed by atoms with van der Waals surface area (Å²) in [5.74, 6) is -0.330. The summed E-state index contributed by atoms with van der Waals surface area (Å²) < 4.78 is 38.0. The third kappa shape index (κ3) is 3.13. The Morgan fingerprint density at radius 2 is 2.00 bits per heavy atom. The molecule has 24 heavy (non-hydrogen) atoms. The molecule has 0 unspecified atom stereocenters. The number of thiocarbonyl (C=S) groups is 1. The molecule has 3 aromatic rings. The largest absolute Gasteiger partial charge is 0.388 e. The van der Waals surface area contributed by atoms with E-state index in [0.717, 1.165) is 11.8 Å². The highest BCUT2D eigenvalue weighted by atomic mass is 32.2. The lowest BCUT2D eigenvalue weighted by Crippen LogP contribution is -2.16. The van der Waals surface area contributed by atoms with Crippen LogP contribution in [0.25, 0.3) is 11.2 Å². The van der Waals surface area contributed by atoms with Crippen LogP contribution < -0.4 is 5.73 Å². The molecule has 0 atom stereocenters. The third-order valence-corrected chi connectivity index (χ3v) is 4.63. The average Bonchev–Trinajstić information content (AvgIpc) is 2.87. The average molecular weight is 364 g/mol. The van der Waals surface area contributed by atoms with Crippen molar-refractivity contribution < 1.29 is 12.8 Å². The Morgan fingerprint density at radius 3 is 2.58 bits per heavy atom. The predicted molar refractivity (Wildman–Crippen MR) is 92.0 cm³/mol.